The Bertz CT molecular complexity index is 732. The van der Waals surface area contributed by atoms with Gasteiger partial charge < -0.3 is 15.5 Å². The van der Waals surface area contributed by atoms with Gasteiger partial charge in [-0.25, -0.2) is 0 Å². The van der Waals surface area contributed by atoms with Gasteiger partial charge in [0.25, 0.3) is 0 Å². The smallest absolute Gasteiger partial charge is 0.220 e. The summed E-state index contributed by atoms with van der Waals surface area (Å²) < 4.78 is 0. The molecule has 4 nitrogen and oxygen atoms in total. The zero-order valence-corrected chi connectivity index (χ0v) is 25.8. The van der Waals surface area contributed by atoms with Crippen molar-refractivity contribution in [2.75, 3.05) is 6.61 Å². The van der Waals surface area contributed by atoms with Crippen molar-refractivity contribution in [1.29, 1.82) is 0 Å². The van der Waals surface area contributed by atoms with Gasteiger partial charge in [-0.05, 0) is 77.0 Å². The molecule has 40 heavy (non-hydrogen) atoms. The van der Waals surface area contributed by atoms with Gasteiger partial charge in [0.05, 0.1) is 18.8 Å². The topological polar surface area (TPSA) is 69.6 Å². The van der Waals surface area contributed by atoms with E-state index in [4.69, 9.17) is 0 Å². The number of aliphatic hydroxyl groups is 2. The zero-order valence-electron chi connectivity index (χ0n) is 25.8. The first-order chi connectivity index (χ1) is 19.7. The van der Waals surface area contributed by atoms with Crippen LogP contribution in [0.15, 0.2) is 72.9 Å². The van der Waals surface area contributed by atoms with Gasteiger partial charge in [-0.2, -0.15) is 0 Å². The van der Waals surface area contributed by atoms with Gasteiger partial charge in [0, 0.05) is 6.42 Å². The van der Waals surface area contributed by atoms with Crippen LogP contribution in [0.3, 0.4) is 0 Å². The second-order valence-electron chi connectivity index (χ2n) is 10.5. The molecule has 0 fully saturated rings. The molecule has 3 N–H and O–H groups in total. The van der Waals surface area contributed by atoms with Gasteiger partial charge >= 0.3 is 0 Å². The van der Waals surface area contributed by atoms with Gasteiger partial charge in [0.2, 0.25) is 5.91 Å². The van der Waals surface area contributed by atoms with E-state index in [0.29, 0.717) is 6.42 Å². The van der Waals surface area contributed by atoms with Crippen LogP contribution in [0.4, 0.5) is 0 Å². The molecule has 0 aromatic rings. The molecule has 2 unspecified atom stereocenters. The van der Waals surface area contributed by atoms with Crippen LogP contribution in [0, 0.1) is 0 Å². The molecule has 0 aromatic carbocycles. The molecule has 0 saturated carbocycles. The lowest BCUT2D eigenvalue weighted by Gasteiger charge is -2.19. The highest BCUT2D eigenvalue weighted by Crippen LogP contribution is 2.09. The van der Waals surface area contributed by atoms with Crippen LogP contribution in [0.2, 0.25) is 0 Å². The fourth-order valence-electron chi connectivity index (χ4n) is 4.16. The van der Waals surface area contributed by atoms with Crippen molar-refractivity contribution >= 4 is 5.91 Å². The quantitative estimate of drug-likeness (QED) is 0.0699. The third-order valence-corrected chi connectivity index (χ3v) is 6.65. The molecule has 1 amide bonds. The second kappa shape index (κ2) is 31.4. The van der Waals surface area contributed by atoms with Crippen LogP contribution < -0.4 is 5.32 Å². The molecule has 0 heterocycles. The number of carbonyl (C=O) groups excluding carboxylic acids is 1. The van der Waals surface area contributed by atoms with Crippen molar-refractivity contribution in [3.63, 3.8) is 0 Å². The number of allylic oxidation sites excluding steroid dienone is 11. The van der Waals surface area contributed by atoms with Gasteiger partial charge in [-0.3, -0.25) is 4.79 Å². The standard InChI is InChI=1S/C36H61NO3/c1-3-5-7-9-11-13-15-17-18-20-22-24-26-28-30-32-36(40)37-34(33-38)35(39)31-29-27-25-23-21-19-16-14-12-10-8-6-4-2/h5,7,11-14,17-18,21,23,29,31,34-35,38-39H,3-4,6,8-10,15-16,19-20,22,24-28,30,32-33H2,1-2H3,(H,37,40)/b7-5-,13-11-,14-12+,18-17-,23-21+,31-29+. The predicted molar refractivity (Wildman–Crippen MR) is 174 cm³/mol. The van der Waals surface area contributed by atoms with E-state index in [9.17, 15) is 15.0 Å². The number of carbonyl (C=O) groups is 1. The van der Waals surface area contributed by atoms with Gasteiger partial charge in [0.1, 0.15) is 0 Å². The first-order valence-electron chi connectivity index (χ1n) is 16.2. The van der Waals surface area contributed by atoms with Gasteiger partial charge in [-0.1, -0.05) is 119 Å². The summed E-state index contributed by atoms with van der Waals surface area (Å²) >= 11 is 0. The molecule has 0 radical (unpaired) electrons. The number of amides is 1. The maximum atomic E-state index is 12.2. The van der Waals surface area contributed by atoms with Crippen LogP contribution in [0.5, 0.6) is 0 Å². The van der Waals surface area contributed by atoms with E-state index in [1.807, 2.05) is 6.08 Å². The highest BCUT2D eigenvalue weighted by Gasteiger charge is 2.17. The molecular formula is C36H61NO3. The molecule has 228 valence electrons. The fourth-order valence-corrected chi connectivity index (χ4v) is 4.16. The largest absolute Gasteiger partial charge is 0.394 e. The Balaban J connectivity index is 3.81. The summed E-state index contributed by atoms with van der Waals surface area (Å²) in [6, 6.07) is -0.655. The summed E-state index contributed by atoms with van der Waals surface area (Å²) in [6.45, 7) is 4.10. The van der Waals surface area contributed by atoms with Crippen LogP contribution in [-0.2, 0) is 4.79 Å². The number of hydrogen-bond donors (Lipinski definition) is 3. The molecule has 0 aliphatic carbocycles. The summed E-state index contributed by atoms with van der Waals surface area (Å²) in [7, 11) is 0. The van der Waals surface area contributed by atoms with Gasteiger partial charge in [-0.15, -0.1) is 0 Å². The first kappa shape index (κ1) is 37.8. The van der Waals surface area contributed by atoms with E-state index in [1.165, 1.54) is 38.5 Å². The lowest BCUT2D eigenvalue weighted by atomic mass is 10.1. The van der Waals surface area contributed by atoms with Crippen molar-refractivity contribution < 1.29 is 15.0 Å². The Morgan fingerprint density at radius 3 is 1.75 bits per heavy atom. The van der Waals surface area contributed by atoms with E-state index in [0.717, 1.165) is 70.6 Å². The van der Waals surface area contributed by atoms with E-state index >= 15 is 0 Å². The maximum absolute atomic E-state index is 12.2. The van der Waals surface area contributed by atoms with Crippen LogP contribution in [0.1, 0.15) is 129 Å². The summed E-state index contributed by atoms with van der Waals surface area (Å²) in [5.74, 6) is -0.102. The lowest BCUT2D eigenvalue weighted by Crippen LogP contribution is -2.45. The third-order valence-electron chi connectivity index (χ3n) is 6.65. The van der Waals surface area contributed by atoms with E-state index in [1.54, 1.807) is 6.08 Å². The minimum Gasteiger partial charge on any atom is -0.394 e. The Hall–Kier alpha value is -2.17. The Labute approximate surface area is 247 Å². The highest BCUT2D eigenvalue weighted by atomic mass is 16.3. The Morgan fingerprint density at radius 1 is 0.625 bits per heavy atom. The van der Waals surface area contributed by atoms with Crippen molar-refractivity contribution in [1.82, 2.24) is 5.32 Å². The third kappa shape index (κ3) is 27.4. The minimum atomic E-state index is -0.878. The highest BCUT2D eigenvalue weighted by molar-refractivity contribution is 5.76. The summed E-state index contributed by atoms with van der Waals surface area (Å²) in [4.78, 5) is 12.2. The maximum Gasteiger partial charge on any atom is 0.220 e. The zero-order chi connectivity index (χ0) is 29.4. The van der Waals surface area contributed by atoms with Crippen molar-refractivity contribution in [3.8, 4) is 0 Å². The molecule has 0 bridgehead atoms. The Morgan fingerprint density at radius 2 is 1.12 bits per heavy atom. The van der Waals surface area contributed by atoms with Crippen LogP contribution >= 0.6 is 0 Å². The normalized spacial score (nSPS) is 14.2. The summed E-state index contributed by atoms with van der Waals surface area (Å²) in [5, 5.41) is 22.7. The van der Waals surface area contributed by atoms with E-state index in [2.05, 4.69) is 79.9 Å². The monoisotopic (exact) mass is 555 g/mol. The summed E-state index contributed by atoms with van der Waals surface area (Å²) in [5.41, 5.74) is 0. The molecule has 0 aliphatic rings. The molecule has 0 spiro atoms. The molecule has 0 aliphatic heterocycles. The number of aliphatic hydroxyl groups excluding tert-OH is 2. The lowest BCUT2D eigenvalue weighted by molar-refractivity contribution is -0.123. The van der Waals surface area contributed by atoms with Crippen molar-refractivity contribution in [2.45, 2.75) is 142 Å². The second-order valence-corrected chi connectivity index (χ2v) is 10.5. The van der Waals surface area contributed by atoms with Crippen LogP contribution in [0.25, 0.3) is 0 Å². The first-order valence-corrected chi connectivity index (χ1v) is 16.2. The number of unbranched alkanes of at least 4 members (excludes halogenated alkanes) is 10. The number of rotatable bonds is 27. The molecule has 4 heteroatoms. The van der Waals surface area contributed by atoms with E-state index < -0.39 is 12.1 Å². The van der Waals surface area contributed by atoms with Crippen molar-refractivity contribution in [2.24, 2.45) is 0 Å². The van der Waals surface area contributed by atoms with E-state index in [-0.39, 0.29) is 12.5 Å². The average molecular weight is 556 g/mol. The SMILES string of the molecule is CC/C=C\C/C=C\C/C=C\CCCCCCCC(=O)NC(CO)C(O)/C=C/CC/C=C/CC/C=C/CCCCC. The molecular weight excluding hydrogens is 494 g/mol. The fraction of sp³-hybridized carbons (Fsp3) is 0.639. The Kier molecular flexibility index (Phi) is 29.7. The number of hydrogen-bond acceptors (Lipinski definition) is 3. The average Bonchev–Trinajstić information content (AvgIpc) is 2.96. The minimum absolute atomic E-state index is 0.102. The molecule has 2 atom stereocenters. The predicted octanol–water partition coefficient (Wildman–Crippen LogP) is 9.22. The van der Waals surface area contributed by atoms with Crippen LogP contribution in [-0.4, -0.2) is 34.9 Å². The summed E-state index contributed by atoms with van der Waals surface area (Å²) in [6.07, 6.45) is 44.0. The molecule has 0 rings (SSSR count). The van der Waals surface area contributed by atoms with Crippen molar-refractivity contribution in [3.05, 3.63) is 72.9 Å². The molecule has 0 aromatic heterocycles. The number of nitrogens with one attached hydrogen (secondary N) is 1. The van der Waals surface area contributed by atoms with Gasteiger partial charge in [0.15, 0.2) is 0 Å². The molecule has 0 saturated heterocycles.